The van der Waals surface area contributed by atoms with Gasteiger partial charge in [0.15, 0.2) is 0 Å². The van der Waals surface area contributed by atoms with Gasteiger partial charge in [-0.3, -0.25) is 0 Å². The molecule has 0 aliphatic carbocycles. The molecule has 2 aromatic rings. The van der Waals surface area contributed by atoms with Gasteiger partial charge in [0.1, 0.15) is 5.58 Å². The zero-order valence-corrected chi connectivity index (χ0v) is 9.76. The van der Waals surface area contributed by atoms with Crippen molar-refractivity contribution in [3.63, 3.8) is 0 Å². The molecule has 0 aliphatic rings. The number of hydrogen-bond donors (Lipinski definition) is 1. The molecule has 0 spiro atoms. The van der Waals surface area contributed by atoms with Gasteiger partial charge in [-0.05, 0) is 26.0 Å². The predicted octanol–water partition coefficient (Wildman–Crippen LogP) is 3.39. The highest BCUT2D eigenvalue weighted by Gasteiger charge is 2.21. The van der Waals surface area contributed by atoms with Gasteiger partial charge in [-0.2, -0.15) is 0 Å². The molecule has 1 aromatic carbocycles. The monoisotopic (exact) mass is 253 g/mol. The zero-order valence-electron chi connectivity index (χ0n) is 8.17. The standard InChI is InChI=1S/C11H12BrNO/c1-11(2,13)7-6-14-9-5-3-4-8(12)10(7)9/h3-6H,13H2,1-2H3. The largest absolute Gasteiger partial charge is 0.464 e. The summed E-state index contributed by atoms with van der Waals surface area (Å²) in [6.07, 6.45) is 1.73. The quantitative estimate of drug-likeness (QED) is 0.847. The van der Waals surface area contributed by atoms with Gasteiger partial charge in [-0.1, -0.05) is 22.0 Å². The first kappa shape index (κ1) is 9.74. The summed E-state index contributed by atoms with van der Waals surface area (Å²) < 4.78 is 6.47. The molecule has 0 saturated carbocycles. The lowest BCUT2D eigenvalue weighted by atomic mass is 9.95. The lowest BCUT2D eigenvalue weighted by Gasteiger charge is -2.17. The van der Waals surface area contributed by atoms with Crippen LogP contribution in [0.3, 0.4) is 0 Å². The Morgan fingerprint density at radius 1 is 1.36 bits per heavy atom. The normalized spacial score (nSPS) is 12.3. The highest BCUT2D eigenvalue weighted by molar-refractivity contribution is 9.10. The summed E-state index contributed by atoms with van der Waals surface area (Å²) in [6.45, 7) is 3.94. The number of furan rings is 1. The van der Waals surface area contributed by atoms with Gasteiger partial charge in [0, 0.05) is 21.0 Å². The van der Waals surface area contributed by atoms with Crippen LogP contribution in [-0.2, 0) is 5.54 Å². The van der Waals surface area contributed by atoms with Crippen molar-refractivity contribution >= 4 is 26.9 Å². The van der Waals surface area contributed by atoms with Gasteiger partial charge < -0.3 is 10.2 Å². The molecule has 3 heteroatoms. The van der Waals surface area contributed by atoms with Crippen LogP contribution in [0.25, 0.3) is 11.0 Å². The molecule has 14 heavy (non-hydrogen) atoms. The first-order valence-corrected chi connectivity index (χ1v) is 5.24. The minimum Gasteiger partial charge on any atom is -0.464 e. The molecule has 1 heterocycles. The van der Waals surface area contributed by atoms with E-state index in [2.05, 4.69) is 15.9 Å². The maximum atomic E-state index is 6.06. The van der Waals surface area contributed by atoms with E-state index in [-0.39, 0.29) is 5.54 Å². The molecule has 2 rings (SSSR count). The molecule has 0 amide bonds. The number of halogens is 1. The van der Waals surface area contributed by atoms with E-state index >= 15 is 0 Å². The topological polar surface area (TPSA) is 39.2 Å². The van der Waals surface area contributed by atoms with Crippen LogP contribution in [-0.4, -0.2) is 0 Å². The number of benzene rings is 1. The highest BCUT2D eigenvalue weighted by Crippen LogP contribution is 2.33. The van der Waals surface area contributed by atoms with E-state index in [9.17, 15) is 0 Å². The molecule has 2 nitrogen and oxygen atoms in total. The number of rotatable bonds is 1. The fourth-order valence-corrected chi connectivity index (χ4v) is 2.08. The first-order valence-electron chi connectivity index (χ1n) is 4.45. The van der Waals surface area contributed by atoms with E-state index in [0.717, 1.165) is 21.0 Å². The van der Waals surface area contributed by atoms with Crippen molar-refractivity contribution in [3.8, 4) is 0 Å². The van der Waals surface area contributed by atoms with Crippen molar-refractivity contribution in [2.45, 2.75) is 19.4 Å². The lowest BCUT2D eigenvalue weighted by Crippen LogP contribution is -2.28. The third-order valence-corrected chi connectivity index (χ3v) is 2.90. The van der Waals surface area contributed by atoms with Crippen molar-refractivity contribution in [1.82, 2.24) is 0 Å². The second-order valence-electron chi connectivity index (χ2n) is 3.98. The molecule has 0 atom stereocenters. The van der Waals surface area contributed by atoms with Gasteiger partial charge in [-0.15, -0.1) is 0 Å². The van der Waals surface area contributed by atoms with Crippen molar-refractivity contribution in [2.24, 2.45) is 5.73 Å². The minimum atomic E-state index is -0.380. The van der Waals surface area contributed by atoms with Crippen LogP contribution in [0.4, 0.5) is 0 Å². The van der Waals surface area contributed by atoms with E-state index in [1.54, 1.807) is 6.26 Å². The van der Waals surface area contributed by atoms with Crippen LogP contribution in [0.1, 0.15) is 19.4 Å². The maximum Gasteiger partial charge on any atom is 0.135 e. The molecule has 74 valence electrons. The number of fused-ring (bicyclic) bond motifs is 1. The van der Waals surface area contributed by atoms with Crippen LogP contribution < -0.4 is 5.73 Å². The van der Waals surface area contributed by atoms with E-state index < -0.39 is 0 Å². The lowest BCUT2D eigenvalue weighted by molar-refractivity contribution is 0.534. The summed E-state index contributed by atoms with van der Waals surface area (Å²) in [6, 6.07) is 5.88. The predicted molar refractivity (Wildman–Crippen MR) is 61.1 cm³/mol. The fraction of sp³-hybridized carbons (Fsp3) is 0.273. The summed E-state index contributed by atoms with van der Waals surface area (Å²) in [4.78, 5) is 0. The summed E-state index contributed by atoms with van der Waals surface area (Å²) in [7, 11) is 0. The van der Waals surface area contributed by atoms with Crippen molar-refractivity contribution in [1.29, 1.82) is 0 Å². The van der Waals surface area contributed by atoms with Gasteiger partial charge >= 0.3 is 0 Å². The van der Waals surface area contributed by atoms with Gasteiger partial charge in [0.25, 0.3) is 0 Å². The zero-order chi connectivity index (χ0) is 10.3. The Kier molecular flexibility index (Phi) is 2.16. The molecule has 0 unspecified atom stereocenters. The Hall–Kier alpha value is -0.800. The van der Waals surface area contributed by atoms with E-state index in [4.69, 9.17) is 10.2 Å². The van der Waals surface area contributed by atoms with Gasteiger partial charge in [0.05, 0.1) is 6.26 Å². The van der Waals surface area contributed by atoms with Crippen LogP contribution in [0, 0.1) is 0 Å². The van der Waals surface area contributed by atoms with Crippen LogP contribution in [0.15, 0.2) is 33.4 Å². The summed E-state index contributed by atoms with van der Waals surface area (Å²) >= 11 is 3.50. The highest BCUT2D eigenvalue weighted by atomic mass is 79.9. The summed E-state index contributed by atoms with van der Waals surface area (Å²) in [5.74, 6) is 0. The second kappa shape index (κ2) is 3.11. The van der Waals surface area contributed by atoms with E-state index in [1.165, 1.54) is 0 Å². The van der Waals surface area contributed by atoms with Crippen molar-refractivity contribution < 1.29 is 4.42 Å². The molecular weight excluding hydrogens is 242 g/mol. The Bertz CT molecular complexity index is 468. The molecule has 0 bridgehead atoms. The number of nitrogens with two attached hydrogens (primary N) is 1. The Balaban J connectivity index is 2.80. The number of hydrogen-bond acceptors (Lipinski definition) is 2. The van der Waals surface area contributed by atoms with Crippen LogP contribution >= 0.6 is 15.9 Å². The van der Waals surface area contributed by atoms with E-state index in [1.807, 2.05) is 32.0 Å². The summed E-state index contributed by atoms with van der Waals surface area (Å²) in [5, 5.41) is 1.07. The van der Waals surface area contributed by atoms with Crippen molar-refractivity contribution in [2.75, 3.05) is 0 Å². The average molecular weight is 254 g/mol. The van der Waals surface area contributed by atoms with Gasteiger partial charge in [-0.25, -0.2) is 0 Å². The summed E-state index contributed by atoms with van der Waals surface area (Å²) in [5.41, 5.74) is 7.57. The third kappa shape index (κ3) is 1.47. The van der Waals surface area contributed by atoms with Crippen LogP contribution in [0.5, 0.6) is 0 Å². The molecule has 2 N–H and O–H groups in total. The SMILES string of the molecule is CC(C)(N)c1coc2cccc(Br)c12. The second-order valence-corrected chi connectivity index (χ2v) is 4.84. The fourth-order valence-electron chi connectivity index (χ4n) is 1.52. The van der Waals surface area contributed by atoms with Crippen molar-refractivity contribution in [3.05, 3.63) is 34.5 Å². The molecule has 1 aromatic heterocycles. The minimum absolute atomic E-state index is 0.380. The molecule has 0 fully saturated rings. The van der Waals surface area contributed by atoms with Gasteiger partial charge in [0.2, 0.25) is 0 Å². The molecule has 0 radical (unpaired) electrons. The van der Waals surface area contributed by atoms with Crippen LogP contribution in [0.2, 0.25) is 0 Å². The Morgan fingerprint density at radius 2 is 2.07 bits per heavy atom. The smallest absolute Gasteiger partial charge is 0.135 e. The maximum absolute atomic E-state index is 6.06. The third-order valence-electron chi connectivity index (χ3n) is 2.24. The Morgan fingerprint density at radius 3 is 2.71 bits per heavy atom. The van der Waals surface area contributed by atoms with E-state index in [0.29, 0.717) is 0 Å². The Labute approximate surface area is 91.2 Å². The molecular formula is C11H12BrNO. The first-order chi connectivity index (χ1) is 6.50. The average Bonchev–Trinajstić information content (AvgIpc) is 2.47. The molecule has 0 aliphatic heterocycles. The molecule has 0 saturated heterocycles.